The molecule has 0 unspecified atom stereocenters. The lowest BCUT2D eigenvalue weighted by atomic mass is 10.2. The summed E-state index contributed by atoms with van der Waals surface area (Å²) in [5, 5.41) is 3.65. The van der Waals surface area contributed by atoms with E-state index in [0.29, 0.717) is 18.1 Å². The number of hydrogen-bond donors (Lipinski definition) is 1. The van der Waals surface area contributed by atoms with Gasteiger partial charge in [0.15, 0.2) is 0 Å². The summed E-state index contributed by atoms with van der Waals surface area (Å²) < 4.78 is 0. The number of hydrogen-bond acceptors (Lipinski definition) is 3. The Morgan fingerprint density at radius 2 is 1.84 bits per heavy atom. The number of benzene rings is 1. The van der Waals surface area contributed by atoms with Gasteiger partial charge in [0.25, 0.3) is 0 Å². The predicted molar refractivity (Wildman–Crippen MR) is 77.2 cm³/mol. The van der Waals surface area contributed by atoms with E-state index >= 15 is 0 Å². The third-order valence-corrected chi connectivity index (χ3v) is 3.62. The van der Waals surface area contributed by atoms with Crippen LogP contribution in [0.25, 0.3) is 0 Å². The second kappa shape index (κ2) is 6.89. The molecule has 1 heterocycles. The molecular weight excluding hydrogens is 262 g/mol. The maximum absolute atomic E-state index is 11.8. The molecule has 2 rings (SSSR count). The normalized spacial score (nSPS) is 17.4. The topological polar surface area (TPSA) is 35.6 Å². The van der Waals surface area contributed by atoms with E-state index in [1.807, 2.05) is 24.3 Å². The minimum absolute atomic E-state index is 0.0829. The van der Waals surface area contributed by atoms with Crippen LogP contribution in [0.2, 0.25) is 5.02 Å². The van der Waals surface area contributed by atoms with E-state index < -0.39 is 0 Å². The minimum atomic E-state index is 0.0829. The Labute approximate surface area is 119 Å². The average Bonchev–Trinajstić information content (AvgIpc) is 2.41. The van der Waals surface area contributed by atoms with E-state index in [-0.39, 0.29) is 5.91 Å². The lowest BCUT2D eigenvalue weighted by Crippen LogP contribution is -2.48. The molecule has 104 valence electrons. The fourth-order valence-corrected chi connectivity index (χ4v) is 2.19. The van der Waals surface area contributed by atoms with Gasteiger partial charge in [0.05, 0.1) is 6.54 Å². The first-order valence-electron chi connectivity index (χ1n) is 6.55. The van der Waals surface area contributed by atoms with Crippen molar-refractivity contribution in [2.75, 3.05) is 39.8 Å². The van der Waals surface area contributed by atoms with Crippen LogP contribution in [0, 0.1) is 0 Å². The molecule has 5 heteroatoms. The zero-order valence-electron chi connectivity index (χ0n) is 11.2. The van der Waals surface area contributed by atoms with Gasteiger partial charge in [-0.2, -0.15) is 0 Å². The molecule has 0 bridgehead atoms. The van der Waals surface area contributed by atoms with Crippen LogP contribution < -0.4 is 5.32 Å². The molecule has 1 N–H and O–H groups in total. The van der Waals surface area contributed by atoms with Crippen molar-refractivity contribution >= 4 is 17.5 Å². The Kier molecular flexibility index (Phi) is 5.19. The number of carbonyl (C=O) groups is 1. The molecule has 1 aliphatic rings. The molecule has 1 fully saturated rings. The molecular formula is C14H20ClN3O. The van der Waals surface area contributed by atoms with Gasteiger partial charge in [-0.15, -0.1) is 0 Å². The van der Waals surface area contributed by atoms with Crippen LogP contribution in [0.4, 0.5) is 0 Å². The van der Waals surface area contributed by atoms with Crippen LogP contribution in [0.5, 0.6) is 0 Å². The van der Waals surface area contributed by atoms with E-state index in [9.17, 15) is 4.79 Å². The fraction of sp³-hybridized carbons (Fsp3) is 0.500. The van der Waals surface area contributed by atoms with Crippen molar-refractivity contribution in [3.63, 3.8) is 0 Å². The van der Waals surface area contributed by atoms with Gasteiger partial charge in [-0.25, -0.2) is 0 Å². The zero-order chi connectivity index (χ0) is 13.7. The van der Waals surface area contributed by atoms with E-state index in [0.717, 1.165) is 31.7 Å². The first-order chi connectivity index (χ1) is 9.13. The number of nitrogens with one attached hydrogen (secondary N) is 1. The van der Waals surface area contributed by atoms with E-state index in [4.69, 9.17) is 11.6 Å². The number of rotatable bonds is 4. The van der Waals surface area contributed by atoms with Gasteiger partial charge in [0.2, 0.25) is 5.91 Å². The van der Waals surface area contributed by atoms with Crippen molar-refractivity contribution in [2.24, 2.45) is 0 Å². The minimum Gasteiger partial charge on any atom is -0.351 e. The van der Waals surface area contributed by atoms with E-state index in [1.165, 1.54) is 0 Å². The number of likely N-dealkylation sites (N-methyl/N-ethyl adjacent to an activating group) is 1. The molecule has 0 aromatic heterocycles. The SMILES string of the molecule is CN1CCN(CC(=O)NCc2ccc(Cl)cc2)CC1. The van der Waals surface area contributed by atoms with Gasteiger partial charge in [-0.3, -0.25) is 9.69 Å². The lowest BCUT2D eigenvalue weighted by Gasteiger charge is -2.31. The summed E-state index contributed by atoms with van der Waals surface area (Å²) in [4.78, 5) is 16.3. The highest BCUT2D eigenvalue weighted by atomic mass is 35.5. The molecule has 0 aliphatic carbocycles. The quantitative estimate of drug-likeness (QED) is 0.901. The first-order valence-corrected chi connectivity index (χ1v) is 6.93. The van der Waals surface area contributed by atoms with Crippen LogP contribution >= 0.6 is 11.6 Å². The molecule has 1 amide bonds. The highest BCUT2D eigenvalue weighted by Crippen LogP contribution is 2.09. The maximum atomic E-state index is 11.8. The van der Waals surface area contributed by atoms with Gasteiger partial charge in [-0.05, 0) is 24.7 Å². The van der Waals surface area contributed by atoms with E-state index in [1.54, 1.807) is 0 Å². The van der Waals surface area contributed by atoms with Gasteiger partial charge in [0, 0.05) is 37.7 Å². The zero-order valence-corrected chi connectivity index (χ0v) is 12.0. The first kappa shape index (κ1) is 14.3. The Morgan fingerprint density at radius 3 is 2.47 bits per heavy atom. The number of halogens is 1. The number of nitrogens with zero attached hydrogens (tertiary/aromatic N) is 2. The van der Waals surface area contributed by atoms with Crippen LogP contribution in [0.15, 0.2) is 24.3 Å². The molecule has 4 nitrogen and oxygen atoms in total. The second-order valence-corrected chi connectivity index (χ2v) is 5.42. The number of amides is 1. The summed E-state index contributed by atoms with van der Waals surface area (Å²) in [7, 11) is 2.11. The van der Waals surface area contributed by atoms with Gasteiger partial charge in [-0.1, -0.05) is 23.7 Å². The Morgan fingerprint density at radius 1 is 1.21 bits per heavy atom. The van der Waals surface area contributed by atoms with Crippen molar-refractivity contribution in [1.82, 2.24) is 15.1 Å². The third kappa shape index (κ3) is 4.82. The van der Waals surface area contributed by atoms with Gasteiger partial charge >= 0.3 is 0 Å². The van der Waals surface area contributed by atoms with E-state index in [2.05, 4.69) is 22.2 Å². The van der Waals surface area contributed by atoms with Crippen LogP contribution in [0.1, 0.15) is 5.56 Å². The lowest BCUT2D eigenvalue weighted by molar-refractivity contribution is -0.122. The average molecular weight is 282 g/mol. The summed E-state index contributed by atoms with van der Waals surface area (Å²) in [6.07, 6.45) is 0. The van der Waals surface area contributed by atoms with Crippen molar-refractivity contribution in [2.45, 2.75) is 6.54 Å². The molecule has 1 aromatic rings. The Bertz CT molecular complexity index is 413. The van der Waals surface area contributed by atoms with Crippen molar-refractivity contribution in [1.29, 1.82) is 0 Å². The standard InChI is InChI=1S/C14H20ClN3O/c1-17-6-8-18(9-7-17)11-14(19)16-10-12-2-4-13(15)5-3-12/h2-5H,6-11H2,1H3,(H,16,19). The number of piperazine rings is 1. The highest BCUT2D eigenvalue weighted by molar-refractivity contribution is 6.30. The fourth-order valence-electron chi connectivity index (χ4n) is 2.07. The molecule has 19 heavy (non-hydrogen) atoms. The molecule has 0 radical (unpaired) electrons. The smallest absolute Gasteiger partial charge is 0.234 e. The second-order valence-electron chi connectivity index (χ2n) is 4.98. The number of carbonyl (C=O) groups excluding carboxylic acids is 1. The summed E-state index contributed by atoms with van der Waals surface area (Å²) in [6.45, 7) is 5.04. The molecule has 0 atom stereocenters. The van der Waals surface area contributed by atoms with Crippen molar-refractivity contribution in [3.8, 4) is 0 Å². The van der Waals surface area contributed by atoms with Crippen molar-refractivity contribution < 1.29 is 4.79 Å². The van der Waals surface area contributed by atoms with Crippen molar-refractivity contribution in [3.05, 3.63) is 34.9 Å². The van der Waals surface area contributed by atoms with Crippen LogP contribution in [0.3, 0.4) is 0 Å². The Hall–Kier alpha value is -1.10. The Balaban J connectivity index is 1.71. The molecule has 0 saturated carbocycles. The highest BCUT2D eigenvalue weighted by Gasteiger charge is 2.16. The largest absolute Gasteiger partial charge is 0.351 e. The molecule has 1 aliphatic heterocycles. The van der Waals surface area contributed by atoms with Crippen LogP contribution in [-0.4, -0.2) is 55.5 Å². The summed E-state index contributed by atoms with van der Waals surface area (Å²) in [5.74, 6) is 0.0829. The maximum Gasteiger partial charge on any atom is 0.234 e. The predicted octanol–water partition coefficient (Wildman–Crippen LogP) is 1.20. The molecule has 1 aromatic carbocycles. The van der Waals surface area contributed by atoms with Crippen LogP contribution in [-0.2, 0) is 11.3 Å². The summed E-state index contributed by atoms with van der Waals surface area (Å²) >= 11 is 5.82. The molecule has 0 spiro atoms. The van der Waals surface area contributed by atoms with Gasteiger partial charge < -0.3 is 10.2 Å². The molecule has 1 saturated heterocycles. The third-order valence-electron chi connectivity index (χ3n) is 3.37. The van der Waals surface area contributed by atoms with Gasteiger partial charge in [0.1, 0.15) is 0 Å². The monoisotopic (exact) mass is 281 g/mol. The summed E-state index contributed by atoms with van der Waals surface area (Å²) in [6, 6.07) is 7.53. The summed E-state index contributed by atoms with van der Waals surface area (Å²) in [5.41, 5.74) is 1.07.